The molecule has 2 rings (SSSR count). The molecule has 100 valence electrons. The molecule has 0 saturated carbocycles. The van der Waals surface area contributed by atoms with Crippen LogP contribution in [0, 0.1) is 5.82 Å². The second-order valence-electron chi connectivity index (χ2n) is 3.49. The van der Waals surface area contributed by atoms with Gasteiger partial charge in [-0.25, -0.2) is 4.39 Å². The first-order valence-electron chi connectivity index (χ1n) is 5.45. The third-order valence-electron chi connectivity index (χ3n) is 2.08. The van der Waals surface area contributed by atoms with Crippen molar-refractivity contribution < 1.29 is 9.13 Å². The van der Waals surface area contributed by atoms with Crippen LogP contribution in [0.1, 0.15) is 6.92 Å². The Hall–Kier alpha value is -2.15. The Morgan fingerprint density at radius 3 is 2.84 bits per heavy atom. The Balaban J connectivity index is 2.24. The van der Waals surface area contributed by atoms with Gasteiger partial charge in [0.2, 0.25) is 11.9 Å². The van der Waals surface area contributed by atoms with E-state index in [0.29, 0.717) is 12.3 Å². The first-order chi connectivity index (χ1) is 9.08. The fourth-order valence-electron chi connectivity index (χ4n) is 1.32. The maximum absolute atomic E-state index is 13.3. The van der Waals surface area contributed by atoms with Crippen molar-refractivity contribution >= 4 is 29.2 Å². The third kappa shape index (κ3) is 3.41. The zero-order chi connectivity index (χ0) is 13.8. The van der Waals surface area contributed by atoms with E-state index in [-0.39, 0.29) is 22.9 Å². The summed E-state index contributed by atoms with van der Waals surface area (Å²) in [6.07, 6.45) is 0. The summed E-state index contributed by atoms with van der Waals surface area (Å²) < 4.78 is 18.4. The Morgan fingerprint density at radius 2 is 2.16 bits per heavy atom. The van der Waals surface area contributed by atoms with E-state index >= 15 is 0 Å². The van der Waals surface area contributed by atoms with E-state index in [1.165, 1.54) is 12.1 Å². The third-order valence-corrected chi connectivity index (χ3v) is 2.39. The van der Waals surface area contributed by atoms with Crippen LogP contribution in [0.25, 0.3) is 0 Å². The van der Waals surface area contributed by atoms with Crippen LogP contribution >= 0.6 is 11.6 Å². The van der Waals surface area contributed by atoms with Crippen molar-refractivity contribution in [2.45, 2.75) is 6.92 Å². The van der Waals surface area contributed by atoms with Crippen molar-refractivity contribution in [2.24, 2.45) is 0 Å². The van der Waals surface area contributed by atoms with Gasteiger partial charge in [-0.3, -0.25) is 0 Å². The number of ether oxygens (including phenoxy) is 1. The van der Waals surface area contributed by atoms with Crippen LogP contribution in [-0.4, -0.2) is 21.6 Å². The molecule has 0 saturated heterocycles. The number of nitrogen functional groups attached to an aromatic ring is 1. The SMILES string of the molecule is CCOc1nc(N)nc(Nc2ccc(Cl)c(F)c2)n1. The molecule has 0 aliphatic heterocycles. The van der Waals surface area contributed by atoms with E-state index in [1.807, 2.05) is 0 Å². The van der Waals surface area contributed by atoms with E-state index in [1.54, 1.807) is 13.0 Å². The molecular weight excluding hydrogens is 273 g/mol. The molecular formula is C11H11ClFN5O. The van der Waals surface area contributed by atoms with Crippen LogP contribution in [-0.2, 0) is 0 Å². The largest absolute Gasteiger partial charge is 0.464 e. The Labute approximate surface area is 113 Å². The second-order valence-corrected chi connectivity index (χ2v) is 3.89. The normalized spacial score (nSPS) is 10.3. The van der Waals surface area contributed by atoms with Crippen LogP contribution in [0.3, 0.4) is 0 Å². The van der Waals surface area contributed by atoms with Crippen LogP contribution < -0.4 is 15.8 Å². The average Bonchev–Trinajstić information content (AvgIpc) is 2.33. The first-order valence-corrected chi connectivity index (χ1v) is 5.82. The monoisotopic (exact) mass is 283 g/mol. The molecule has 0 bridgehead atoms. The van der Waals surface area contributed by atoms with E-state index in [9.17, 15) is 4.39 Å². The molecule has 1 heterocycles. The molecule has 0 aliphatic rings. The molecule has 6 nitrogen and oxygen atoms in total. The van der Waals surface area contributed by atoms with Crippen molar-refractivity contribution in [1.29, 1.82) is 0 Å². The van der Waals surface area contributed by atoms with Gasteiger partial charge in [0.05, 0.1) is 11.6 Å². The predicted octanol–water partition coefficient (Wildman–Crippen LogP) is 2.39. The molecule has 3 N–H and O–H groups in total. The van der Waals surface area contributed by atoms with Gasteiger partial charge in [-0.05, 0) is 25.1 Å². The Kier molecular flexibility index (Phi) is 3.96. The summed E-state index contributed by atoms with van der Waals surface area (Å²) in [4.78, 5) is 11.6. The van der Waals surface area contributed by atoms with E-state index < -0.39 is 5.82 Å². The maximum Gasteiger partial charge on any atom is 0.323 e. The molecule has 0 atom stereocenters. The molecule has 2 aromatic rings. The summed E-state index contributed by atoms with van der Waals surface area (Å²) in [7, 11) is 0. The molecule has 0 fully saturated rings. The first kappa shape index (κ1) is 13.3. The van der Waals surface area contributed by atoms with Gasteiger partial charge in [0.15, 0.2) is 0 Å². The number of hydrogen-bond donors (Lipinski definition) is 2. The fraction of sp³-hybridized carbons (Fsp3) is 0.182. The highest BCUT2D eigenvalue weighted by molar-refractivity contribution is 6.30. The van der Waals surface area contributed by atoms with E-state index in [2.05, 4.69) is 20.3 Å². The minimum absolute atomic E-state index is 0.00962. The second kappa shape index (κ2) is 5.66. The smallest absolute Gasteiger partial charge is 0.323 e. The summed E-state index contributed by atoms with van der Waals surface area (Å²) in [5, 5.41) is 2.83. The molecule has 0 unspecified atom stereocenters. The van der Waals surface area contributed by atoms with Crippen molar-refractivity contribution in [3.8, 4) is 6.01 Å². The van der Waals surface area contributed by atoms with Crippen LogP contribution in [0.5, 0.6) is 6.01 Å². The predicted molar refractivity (Wildman–Crippen MR) is 70.1 cm³/mol. The minimum atomic E-state index is -0.543. The summed E-state index contributed by atoms with van der Waals surface area (Å²) in [5.74, 6) is -0.369. The number of nitrogens with two attached hydrogens (primary N) is 1. The van der Waals surface area contributed by atoms with Gasteiger partial charge in [0.1, 0.15) is 5.82 Å². The van der Waals surface area contributed by atoms with E-state index in [4.69, 9.17) is 22.1 Å². The van der Waals surface area contributed by atoms with Gasteiger partial charge in [-0.15, -0.1) is 0 Å². The Morgan fingerprint density at radius 1 is 1.37 bits per heavy atom. The van der Waals surface area contributed by atoms with Crippen molar-refractivity contribution in [3.05, 3.63) is 29.0 Å². The lowest BCUT2D eigenvalue weighted by Gasteiger charge is -2.07. The van der Waals surface area contributed by atoms with Crippen molar-refractivity contribution in [1.82, 2.24) is 15.0 Å². The van der Waals surface area contributed by atoms with Crippen molar-refractivity contribution in [3.63, 3.8) is 0 Å². The average molecular weight is 284 g/mol. The fourth-order valence-corrected chi connectivity index (χ4v) is 1.44. The molecule has 8 heteroatoms. The summed E-state index contributed by atoms with van der Waals surface area (Å²) >= 11 is 5.59. The number of hydrogen-bond acceptors (Lipinski definition) is 6. The topological polar surface area (TPSA) is 86.0 Å². The molecule has 19 heavy (non-hydrogen) atoms. The van der Waals surface area contributed by atoms with Gasteiger partial charge in [0, 0.05) is 5.69 Å². The van der Waals surface area contributed by atoms with Crippen molar-refractivity contribution in [2.75, 3.05) is 17.7 Å². The quantitative estimate of drug-likeness (QED) is 0.896. The van der Waals surface area contributed by atoms with E-state index in [0.717, 1.165) is 0 Å². The van der Waals surface area contributed by atoms with Gasteiger partial charge in [0.25, 0.3) is 0 Å². The number of rotatable bonds is 4. The summed E-state index contributed by atoms with van der Waals surface area (Å²) in [6.45, 7) is 2.19. The zero-order valence-electron chi connectivity index (χ0n) is 10.0. The van der Waals surface area contributed by atoms with Gasteiger partial charge >= 0.3 is 6.01 Å². The minimum Gasteiger partial charge on any atom is -0.464 e. The van der Waals surface area contributed by atoms with Gasteiger partial charge in [-0.2, -0.15) is 15.0 Å². The zero-order valence-corrected chi connectivity index (χ0v) is 10.8. The number of halogens is 2. The number of nitrogens with zero attached hydrogens (tertiary/aromatic N) is 3. The molecule has 0 radical (unpaired) electrons. The standard InChI is InChI=1S/C11H11ClFN5O/c1-2-19-11-17-9(14)16-10(18-11)15-6-3-4-7(12)8(13)5-6/h3-5H,2H2,1H3,(H3,14,15,16,17,18). The number of aromatic nitrogens is 3. The van der Waals surface area contributed by atoms with Crippen LogP contribution in [0.15, 0.2) is 18.2 Å². The lowest BCUT2D eigenvalue weighted by Crippen LogP contribution is -2.06. The van der Waals surface area contributed by atoms with Gasteiger partial charge < -0.3 is 15.8 Å². The molecule has 1 aromatic heterocycles. The highest BCUT2D eigenvalue weighted by Crippen LogP contribution is 2.21. The Bertz CT molecular complexity index is 595. The summed E-state index contributed by atoms with van der Waals surface area (Å²) in [5.41, 5.74) is 5.96. The summed E-state index contributed by atoms with van der Waals surface area (Å²) in [6, 6.07) is 4.34. The maximum atomic E-state index is 13.3. The molecule has 1 aromatic carbocycles. The highest BCUT2D eigenvalue weighted by Gasteiger charge is 2.07. The lowest BCUT2D eigenvalue weighted by molar-refractivity contribution is 0.312. The van der Waals surface area contributed by atoms with Crippen LogP contribution in [0.4, 0.5) is 22.0 Å². The lowest BCUT2D eigenvalue weighted by atomic mass is 10.3. The number of anilines is 3. The molecule has 0 spiro atoms. The highest BCUT2D eigenvalue weighted by atomic mass is 35.5. The van der Waals surface area contributed by atoms with Gasteiger partial charge in [-0.1, -0.05) is 11.6 Å². The van der Waals surface area contributed by atoms with Crippen LogP contribution in [0.2, 0.25) is 5.02 Å². The molecule has 0 aliphatic carbocycles. The number of nitrogens with one attached hydrogen (secondary N) is 1. The molecule has 0 amide bonds. The number of benzene rings is 1.